The number of esters is 1. The van der Waals surface area contributed by atoms with Crippen LogP contribution in [0.2, 0.25) is 0 Å². The zero-order chi connectivity index (χ0) is 17.9. The molecule has 0 bridgehead atoms. The van der Waals surface area contributed by atoms with Crippen molar-refractivity contribution in [2.75, 3.05) is 20.7 Å². The lowest BCUT2D eigenvalue weighted by Gasteiger charge is -2.20. The third-order valence-electron chi connectivity index (χ3n) is 4.11. The number of carbonyl (C=O) groups excluding carboxylic acids is 2. The maximum atomic E-state index is 12.5. The van der Waals surface area contributed by atoms with Gasteiger partial charge >= 0.3 is 11.7 Å². The first kappa shape index (κ1) is 17.8. The fraction of sp³-hybridized carbons (Fsp3) is 0.471. The number of likely N-dealkylation sites (N-methyl/N-ethyl adjacent to an activating group) is 1. The first-order chi connectivity index (χ1) is 11.4. The summed E-state index contributed by atoms with van der Waals surface area (Å²) in [6, 6.07) is 7.40. The Balaban J connectivity index is 2.23. The van der Waals surface area contributed by atoms with Gasteiger partial charge in [-0.15, -0.1) is 0 Å². The molecule has 1 aromatic carbocycles. The highest BCUT2D eigenvalue weighted by atomic mass is 16.5. The number of nitrogens with zero attached hydrogens (tertiary/aromatic N) is 3. The number of aromatic nitrogens is 2. The summed E-state index contributed by atoms with van der Waals surface area (Å²) < 4.78 is 7.78. The Bertz CT molecular complexity index is 806. The van der Waals surface area contributed by atoms with Crippen molar-refractivity contribution in [3.63, 3.8) is 0 Å². The molecule has 0 aliphatic carbocycles. The number of benzene rings is 1. The molecule has 1 aromatic heterocycles. The highest BCUT2D eigenvalue weighted by Crippen LogP contribution is 2.13. The normalized spacial score (nSPS) is 12.2. The van der Waals surface area contributed by atoms with E-state index in [4.69, 9.17) is 0 Å². The summed E-state index contributed by atoms with van der Waals surface area (Å²) in [5, 5.41) is 0. The standard InChI is InChI=1S/C17H23N3O4/c1-5-19-13-8-6-7-9-14(13)20(17(19)23)11-15(21)18(3)10-12(2)16(22)24-4/h6-9,12H,5,10-11H2,1-4H3. The van der Waals surface area contributed by atoms with Crippen molar-refractivity contribution < 1.29 is 14.3 Å². The van der Waals surface area contributed by atoms with Crippen LogP contribution in [0.4, 0.5) is 0 Å². The minimum Gasteiger partial charge on any atom is -0.469 e. The second kappa shape index (κ2) is 7.33. The predicted octanol–water partition coefficient (Wildman–Crippen LogP) is 1.09. The second-order valence-corrected chi connectivity index (χ2v) is 5.80. The molecule has 130 valence electrons. The molecular formula is C17H23N3O4. The van der Waals surface area contributed by atoms with E-state index in [1.807, 2.05) is 31.2 Å². The van der Waals surface area contributed by atoms with Crippen LogP contribution in [0.3, 0.4) is 0 Å². The van der Waals surface area contributed by atoms with Crippen molar-refractivity contribution in [3.8, 4) is 0 Å². The summed E-state index contributed by atoms with van der Waals surface area (Å²) in [7, 11) is 2.94. The molecule has 0 aliphatic rings. The smallest absolute Gasteiger partial charge is 0.329 e. The first-order valence-electron chi connectivity index (χ1n) is 7.90. The quantitative estimate of drug-likeness (QED) is 0.742. The Labute approximate surface area is 140 Å². The van der Waals surface area contributed by atoms with Crippen molar-refractivity contribution in [1.82, 2.24) is 14.0 Å². The molecule has 0 spiro atoms. The van der Waals surface area contributed by atoms with E-state index >= 15 is 0 Å². The van der Waals surface area contributed by atoms with Crippen LogP contribution < -0.4 is 5.69 Å². The summed E-state index contributed by atoms with van der Waals surface area (Å²) >= 11 is 0. The number of carbonyl (C=O) groups is 2. The van der Waals surface area contributed by atoms with Gasteiger partial charge in [0.1, 0.15) is 6.54 Å². The van der Waals surface area contributed by atoms with Crippen molar-refractivity contribution in [2.24, 2.45) is 5.92 Å². The molecule has 0 radical (unpaired) electrons. The molecular weight excluding hydrogens is 310 g/mol. The number of aryl methyl sites for hydroxylation is 1. The molecule has 2 aromatic rings. The minimum absolute atomic E-state index is 0.0588. The number of ether oxygens (including phenoxy) is 1. The van der Waals surface area contributed by atoms with E-state index in [1.54, 1.807) is 18.5 Å². The van der Waals surface area contributed by atoms with Gasteiger partial charge in [0.05, 0.1) is 24.1 Å². The number of rotatable bonds is 6. The van der Waals surface area contributed by atoms with Crippen molar-refractivity contribution in [3.05, 3.63) is 34.7 Å². The molecule has 7 nitrogen and oxygen atoms in total. The lowest BCUT2D eigenvalue weighted by molar-refractivity contribution is -0.146. The average molecular weight is 333 g/mol. The Morgan fingerprint density at radius 1 is 1.21 bits per heavy atom. The van der Waals surface area contributed by atoms with E-state index < -0.39 is 5.92 Å². The summed E-state index contributed by atoms with van der Waals surface area (Å²) in [6.45, 7) is 4.31. The fourth-order valence-electron chi connectivity index (χ4n) is 2.78. The highest BCUT2D eigenvalue weighted by molar-refractivity contribution is 5.81. The molecule has 7 heteroatoms. The maximum Gasteiger partial charge on any atom is 0.329 e. The molecule has 1 amide bonds. The summed E-state index contributed by atoms with van der Waals surface area (Å²) in [4.78, 5) is 37.9. The van der Waals surface area contributed by atoms with Crippen molar-refractivity contribution >= 4 is 22.9 Å². The lowest BCUT2D eigenvalue weighted by Crippen LogP contribution is -2.38. The molecule has 24 heavy (non-hydrogen) atoms. The fourth-order valence-corrected chi connectivity index (χ4v) is 2.78. The zero-order valence-corrected chi connectivity index (χ0v) is 14.5. The van der Waals surface area contributed by atoms with Crippen LogP contribution in [0, 0.1) is 5.92 Å². The van der Waals surface area contributed by atoms with E-state index in [-0.39, 0.29) is 30.7 Å². The molecule has 0 saturated heterocycles. The predicted molar refractivity (Wildman–Crippen MR) is 90.7 cm³/mol. The number of amides is 1. The number of imidazole rings is 1. The Morgan fingerprint density at radius 3 is 2.33 bits per heavy atom. The monoisotopic (exact) mass is 333 g/mol. The summed E-state index contributed by atoms with van der Waals surface area (Å²) in [5.41, 5.74) is 1.33. The second-order valence-electron chi connectivity index (χ2n) is 5.80. The number of hydrogen-bond acceptors (Lipinski definition) is 4. The van der Waals surface area contributed by atoms with Gasteiger partial charge < -0.3 is 9.64 Å². The van der Waals surface area contributed by atoms with Gasteiger partial charge in [-0.1, -0.05) is 19.1 Å². The van der Waals surface area contributed by atoms with Crippen LogP contribution >= 0.6 is 0 Å². The highest BCUT2D eigenvalue weighted by Gasteiger charge is 2.21. The first-order valence-corrected chi connectivity index (χ1v) is 7.90. The number of para-hydroxylation sites is 2. The zero-order valence-electron chi connectivity index (χ0n) is 14.5. The molecule has 1 atom stereocenters. The van der Waals surface area contributed by atoms with Gasteiger partial charge in [0.25, 0.3) is 0 Å². The SMILES string of the molecule is CCn1c(=O)n(CC(=O)N(C)CC(C)C(=O)OC)c2ccccc21. The van der Waals surface area contributed by atoms with E-state index in [0.29, 0.717) is 6.54 Å². The van der Waals surface area contributed by atoms with Gasteiger partial charge in [-0.2, -0.15) is 0 Å². The van der Waals surface area contributed by atoms with Crippen LogP contribution in [0.1, 0.15) is 13.8 Å². The van der Waals surface area contributed by atoms with E-state index in [2.05, 4.69) is 4.74 Å². The topological polar surface area (TPSA) is 73.5 Å². The molecule has 1 heterocycles. The lowest BCUT2D eigenvalue weighted by atomic mass is 10.2. The minimum atomic E-state index is -0.419. The number of methoxy groups -OCH3 is 1. The maximum absolute atomic E-state index is 12.5. The molecule has 0 aliphatic heterocycles. The van der Waals surface area contributed by atoms with Crippen LogP contribution in [0.5, 0.6) is 0 Å². The molecule has 0 fully saturated rings. The van der Waals surface area contributed by atoms with E-state index in [0.717, 1.165) is 11.0 Å². The average Bonchev–Trinajstić information content (AvgIpc) is 2.85. The van der Waals surface area contributed by atoms with Crippen LogP contribution in [0.15, 0.2) is 29.1 Å². The van der Waals surface area contributed by atoms with Gasteiger partial charge in [0.15, 0.2) is 0 Å². The van der Waals surface area contributed by atoms with Gasteiger partial charge in [-0.05, 0) is 19.1 Å². The van der Waals surface area contributed by atoms with E-state index in [1.165, 1.54) is 16.6 Å². The third-order valence-corrected chi connectivity index (χ3v) is 4.11. The van der Waals surface area contributed by atoms with Gasteiger partial charge in [-0.3, -0.25) is 18.7 Å². The van der Waals surface area contributed by atoms with Crippen molar-refractivity contribution in [2.45, 2.75) is 26.9 Å². The number of fused-ring (bicyclic) bond motifs is 1. The van der Waals surface area contributed by atoms with Gasteiger partial charge in [0, 0.05) is 20.1 Å². The van der Waals surface area contributed by atoms with Crippen LogP contribution in [-0.4, -0.2) is 46.6 Å². The van der Waals surface area contributed by atoms with Gasteiger partial charge in [0.2, 0.25) is 5.91 Å². The van der Waals surface area contributed by atoms with Crippen LogP contribution in [0.25, 0.3) is 11.0 Å². The summed E-state index contributed by atoms with van der Waals surface area (Å²) in [6.07, 6.45) is 0. The van der Waals surface area contributed by atoms with Gasteiger partial charge in [-0.25, -0.2) is 4.79 Å². The molecule has 2 rings (SSSR count). The summed E-state index contributed by atoms with van der Waals surface area (Å²) in [5.74, 6) is -1.01. The molecule has 1 unspecified atom stereocenters. The Hall–Kier alpha value is -2.57. The Morgan fingerprint density at radius 2 is 1.79 bits per heavy atom. The van der Waals surface area contributed by atoms with Crippen molar-refractivity contribution in [1.29, 1.82) is 0 Å². The van der Waals surface area contributed by atoms with E-state index in [9.17, 15) is 14.4 Å². The third kappa shape index (κ3) is 3.34. The molecule has 0 saturated carbocycles. The molecule has 0 N–H and O–H groups in total. The largest absolute Gasteiger partial charge is 0.469 e. The Kier molecular flexibility index (Phi) is 5.43. The number of hydrogen-bond donors (Lipinski definition) is 0. The van der Waals surface area contributed by atoms with Crippen LogP contribution in [-0.2, 0) is 27.4 Å².